The SMILES string of the molecule is C=C(N)Sc1c(F)ccc(-c2c(C(F)(F)F)c3c4c(nc(OC)nc4c2F)N(Cc2cccnc2N)CCO3)c1C#N.CC1CC(F)(F)C1.FC(F)=C1CC2CCCN2C1. The first-order chi connectivity index (χ1) is 28.3. The molecule has 8 rings (SSSR count). The Bertz CT molecular complexity index is 2350. The fourth-order valence-corrected chi connectivity index (χ4v) is 8.38. The van der Waals surface area contributed by atoms with E-state index in [1.807, 2.05) is 6.92 Å². The molecule has 320 valence electrons. The molecule has 1 unspecified atom stereocenters. The summed E-state index contributed by atoms with van der Waals surface area (Å²) in [5.74, 6) is -5.11. The fourth-order valence-electron chi connectivity index (χ4n) is 7.69. The number of anilines is 2. The predicted molar refractivity (Wildman–Crippen MR) is 207 cm³/mol. The second kappa shape index (κ2) is 17.7. The Kier molecular flexibility index (Phi) is 13.0. The summed E-state index contributed by atoms with van der Waals surface area (Å²) in [6.45, 7) is 6.62. The van der Waals surface area contributed by atoms with Crippen molar-refractivity contribution in [3.8, 4) is 29.0 Å². The Morgan fingerprint density at radius 2 is 1.88 bits per heavy atom. The number of nitrogen functional groups attached to an aromatic ring is 1. The molecule has 3 aliphatic heterocycles. The first kappa shape index (κ1) is 44.1. The van der Waals surface area contributed by atoms with E-state index < -0.39 is 68.2 Å². The summed E-state index contributed by atoms with van der Waals surface area (Å²) in [5.41, 5.74) is 8.22. The lowest BCUT2D eigenvalue weighted by atomic mass is 9.83. The quantitative estimate of drug-likeness (QED) is 0.142. The van der Waals surface area contributed by atoms with Crippen LogP contribution in [0.1, 0.15) is 55.7 Å². The molecule has 2 aromatic heterocycles. The molecule has 0 amide bonds. The number of benzene rings is 2. The van der Waals surface area contributed by atoms with Gasteiger partial charge in [0.15, 0.2) is 5.82 Å². The van der Waals surface area contributed by atoms with Gasteiger partial charge in [-0.3, -0.25) is 4.90 Å². The maximum atomic E-state index is 16.5. The smallest absolute Gasteiger partial charge is 0.420 e. The molecule has 3 fully saturated rings. The van der Waals surface area contributed by atoms with E-state index in [-0.39, 0.29) is 66.5 Å². The molecule has 20 heteroatoms. The number of nitrogens with zero attached hydrogens (tertiary/aromatic N) is 6. The number of hydrogen-bond acceptors (Lipinski definition) is 11. The van der Waals surface area contributed by atoms with Gasteiger partial charge in [0.2, 0.25) is 5.92 Å². The van der Waals surface area contributed by atoms with Gasteiger partial charge in [-0.1, -0.05) is 31.3 Å². The highest BCUT2D eigenvalue weighted by Crippen LogP contribution is 2.52. The van der Waals surface area contributed by atoms with E-state index in [0.29, 0.717) is 41.9 Å². The van der Waals surface area contributed by atoms with E-state index in [1.54, 1.807) is 23.1 Å². The third-order valence-corrected chi connectivity index (χ3v) is 11.2. The third kappa shape index (κ3) is 9.31. The summed E-state index contributed by atoms with van der Waals surface area (Å²) >= 11 is 0.526. The highest BCUT2D eigenvalue weighted by atomic mass is 32.2. The largest absolute Gasteiger partial charge is 0.490 e. The van der Waals surface area contributed by atoms with Gasteiger partial charge in [-0.2, -0.15) is 37.2 Å². The molecule has 0 spiro atoms. The number of fused-ring (bicyclic) bond motifs is 1. The Balaban J connectivity index is 0.000000272. The zero-order valence-corrected chi connectivity index (χ0v) is 33.1. The number of ether oxygens (including phenoxy) is 2. The monoisotopic (exact) mass is 866 g/mol. The second-order valence-electron chi connectivity index (χ2n) is 14.6. The van der Waals surface area contributed by atoms with Crippen LogP contribution >= 0.6 is 11.8 Å². The van der Waals surface area contributed by atoms with Crippen LogP contribution in [0.5, 0.6) is 11.8 Å². The van der Waals surface area contributed by atoms with Gasteiger partial charge in [-0.25, -0.2) is 22.5 Å². The molecule has 2 saturated heterocycles. The normalized spacial score (nSPS) is 18.2. The van der Waals surface area contributed by atoms with Crippen molar-refractivity contribution in [2.24, 2.45) is 11.7 Å². The van der Waals surface area contributed by atoms with Crippen LogP contribution in [0.3, 0.4) is 0 Å². The zero-order chi connectivity index (χ0) is 43.7. The number of thioether (sulfide) groups is 1. The van der Waals surface area contributed by atoms with Gasteiger partial charge in [0, 0.05) is 60.4 Å². The van der Waals surface area contributed by atoms with Crippen LogP contribution in [0.4, 0.5) is 51.1 Å². The second-order valence-corrected chi connectivity index (χ2v) is 15.8. The van der Waals surface area contributed by atoms with Crippen molar-refractivity contribution in [2.75, 3.05) is 44.0 Å². The average Bonchev–Trinajstić information content (AvgIpc) is 3.75. The molecule has 5 heterocycles. The summed E-state index contributed by atoms with van der Waals surface area (Å²) < 4.78 is 135. The maximum absolute atomic E-state index is 16.5. The van der Waals surface area contributed by atoms with Crippen molar-refractivity contribution in [2.45, 2.75) is 68.6 Å². The summed E-state index contributed by atoms with van der Waals surface area (Å²) in [5, 5.41) is 9.40. The molecular formula is C40H39F9N8O2S. The number of nitrogens with two attached hydrogens (primary N) is 2. The first-order valence-electron chi connectivity index (χ1n) is 18.6. The molecule has 0 bridgehead atoms. The molecule has 10 nitrogen and oxygen atoms in total. The average molecular weight is 867 g/mol. The Hall–Kier alpha value is -5.42. The van der Waals surface area contributed by atoms with Crippen LogP contribution in [0.25, 0.3) is 22.0 Å². The van der Waals surface area contributed by atoms with Crippen LogP contribution in [-0.4, -0.2) is 65.2 Å². The fraction of sp³-hybridized carbons (Fsp3) is 0.400. The van der Waals surface area contributed by atoms with Crippen molar-refractivity contribution >= 4 is 34.3 Å². The number of methoxy groups -OCH3 is 1. The first-order valence-corrected chi connectivity index (χ1v) is 19.4. The van der Waals surface area contributed by atoms with Crippen molar-refractivity contribution in [1.82, 2.24) is 19.9 Å². The molecule has 1 saturated carbocycles. The number of nitriles is 1. The lowest BCUT2D eigenvalue weighted by Gasteiger charge is -2.31. The standard InChI is InChI=1S/C27H20F5N7O2S.C8H11F2N.C5H8F2/c1-12(34)42-23-15(10-33)14(5-6-16(23)28)17-19(27(30,31)32)22-18-21(20(17)29)37-26(40-2)38-25(18)39(8-9-41-22)11-13-4-3-7-36-24(13)35;9-8(10)6-4-7-2-1-3-11(7)5-6;1-4-2-5(6,7)3-4/h3-7H,1,8-9,11,34H2,2H3,(H2,35,36);7H,1-5H2;4H,2-3H2,1H3. The number of alkyl halides is 5. The van der Waals surface area contributed by atoms with Crippen molar-refractivity contribution in [3.63, 3.8) is 0 Å². The molecule has 4 aliphatic rings. The van der Waals surface area contributed by atoms with Crippen molar-refractivity contribution < 1.29 is 49.0 Å². The maximum Gasteiger partial charge on any atom is 0.420 e. The van der Waals surface area contributed by atoms with E-state index in [9.17, 15) is 40.4 Å². The highest BCUT2D eigenvalue weighted by molar-refractivity contribution is 8.03. The van der Waals surface area contributed by atoms with Gasteiger partial charge < -0.3 is 25.8 Å². The number of hydrogen-bond donors (Lipinski definition) is 2. The summed E-state index contributed by atoms with van der Waals surface area (Å²) in [6.07, 6.45) is -2.05. The topological polar surface area (TPSA) is 139 Å². The highest BCUT2D eigenvalue weighted by Gasteiger charge is 2.44. The minimum Gasteiger partial charge on any atom is -0.490 e. The molecule has 4 N–H and O–H groups in total. The number of halogens is 9. The van der Waals surface area contributed by atoms with E-state index in [1.165, 1.54) is 19.7 Å². The van der Waals surface area contributed by atoms with Crippen LogP contribution in [0, 0.1) is 28.9 Å². The van der Waals surface area contributed by atoms with Crippen LogP contribution < -0.4 is 25.8 Å². The lowest BCUT2D eigenvalue weighted by Crippen LogP contribution is -2.33. The summed E-state index contributed by atoms with van der Waals surface area (Å²) in [7, 11) is 1.21. The van der Waals surface area contributed by atoms with Crippen molar-refractivity contribution in [1.29, 1.82) is 5.26 Å². The number of pyridine rings is 1. The van der Waals surface area contributed by atoms with E-state index in [4.69, 9.17) is 20.9 Å². The predicted octanol–water partition coefficient (Wildman–Crippen LogP) is 9.43. The van der Waals surface area contributed by atoms with Crippen LogP contribution in [-0.2, 0) is 12.7 Å². The van der Waals surface area contributed by atoms with Crippen LogP contribution in [0.2, 0.25) is 0 Å². The van der Waals surface area contributed by atoms with Gasteiger partial charge in [0.25, 0.3) is 6.08 Å². The van der Waals surface area contributed by atoms with Crippen LogP contribution in [0.15, 0.2) is 58.6 Å². The Morgan fingerprint density at radius 3 is 2.45 bits per heavy atom. The molecular weight excluding hydrogens is 828 g/mol. The molecule has 60 heavy (non-hydrogen) atoms. The van der Waals surface area contributed by atoms with E-state index >= 15 is 4.39 Å². The van der Waals surface area contributed by atoms with Crippen molar-refractivity contribution in [3.05, 3.63) is 82.0 Å². The minimum absolute atomic E-state index is 0.0198. The van der Waals surface area contributed by atoms with E-state index in [2.05, 4.69) is 26.4 Å². The number of aromatic nitrogens is 3. The molecule has 1 aliphatic carbocycles. The lowest BCUT2D eigenvalue weighted by molar-refractivity contribution is -0.138. The summed E-state index contributed by atoms with van der Waals surface area (Å²) in [6, 6.07) is 6.80. The van der Waals surface area contributed by atoms with Gasteiger partial charge in [0.05, 0.1) is 34.5 Å². The Morgan fingerprint density at radius 1 is 1.15 bits per heavy atom. The molecule has 1 atom stereocenters. The Labute approximate surface area is 343 Å². The molecule has 0 radical (unpaired) electrons. The number of rotatable bonds is 6. The third-order valence-electron chi connectivity index (χ3n) is 10.3. The minimum atomic E-state index is -5.20. The van der Waals surface area contributed by atoms with E-state index in [0.717, 1.165) is 25.1 Å². The zero-order valence-electron chi connectivity index (χ0n) is 32.3. The van der Waals surface area contributed by atoms with Gasteiger partial charge in [0.1, 0.15) is 47.0 Å². The molecule has 2 aromatic carbocycles. The summed E-state index contributed by atoms with van der Waals surface area (Å²) in [4.78, 5) is 15.6. The van der Waals surface area contributed by atoms with Gasteiger partial charge in [-0.05, 0) is 49.9 Å². The van der Waals surface area contributed by atoms with Gasteiger partial charge in [-0.15, -0.1) is 0 Å². The molecule has 4 aromatic rings. The van der Waals surface area contributed by atoms with Gasteiger partial charge >= 0.3 is 12.2 Å².